The normalized spacial score (nSPS) is 10.7. The summed E-state index contributed by atoms with van der Waals surface area (Å²) in [4.78, 5) is 0. The Bertz CT molecular complexity index is 735. The van der Waals surface area contributed by atoms with E-state index in [1.165, 1.54) is 4.70 Å². The smallest absolute Gasteiger partial charge is 0.101 e. The maximum absolute atomic E-state index is 9.05. The lowest BCUT2D eigenvalue weighted by molar-refractivity contribution is 1.51. The van der Waals surface area contributed by atoms with Crippen LogP contribution in [-0.4, -0.2) is 0 Å². The van der Waals surface area contributed by atoms with Crippen molar-refractivity contribution in [3.05, 3.63) is 42.0 Å². The number of thiophene rings is 1. The molecule has 0 aliphatic heterocycles. The Hall–Kier alpha value is -2.05. The van der Waals surface area contributed by atoms with Gasteiger partial charge in [-0.1, -0.05) is 12.1 Å². The molecule has 1 heterocycles. The third-order valence-corrected chi connectivity index (χ3v) is 3.86. The van der Waals surface area contributed by atoms with Gasteiger partial charge < -0.3 is 5.73 Å². The van der Waals surface area contributed by atoms with Gasteiger partial charge in [-0.25, -0.2) is 0 Å². The second-order valence-electron chi connectivity index (χ2n) is 3.65. The molecule has 0 atom stereocenters. The highest BCUT2D eigenvalue weighted by Crippen LogP contribution is 2.36. The molecule has 1 aromatic heterocycles. The Balaban J connectivity index is 2.57. The molecule has 76 valence electrons. The molecule has 0 radical (unpaired) electrons. The van der Waals surface area contributed by atoms with Crippen LogP contribution in [0.4, 0.5) is 5.69 Å². The quantitative estimate of drug-likeness (QED) is 0.594. The number of anilines is 1. The SMILES string of the molecule is N#Cc1cccc2c1sc1ccc(N)cc12. The predicted molar refractivity (Wildman–Crippen MR) is 68.5 cm³/mol. The first-order valence-corrected chi connectivity index (χ1v) is 5.72. The van der Waals surface area contributed by atoms with Crippen LogP contribution in [-0.2, 0) is 0 Å². The van der Waals surface area contributed by atoms with E-state index in [2.05, 4.69) is 6.07 Å². The molecule has 0 amide bonds. The minimum Gasteiger partial charge on any atom is -0.399 e. The molecule has 0 spiro atoms. The average Bonchev–Trinajstić information content (AvgIpc) is 2.67. The summed E-state index contributed by atoms with van der Waals surface area (Å²) in [5, 5.41) is 11.3. The highest BCUT2D eigenvalue weighted by molar-refractivity contribution is 7.26. The third kappa shape index (κ3) is 1.17. The fourth-order valence-electron chi connectivity index (χ4n) is 1.90. The van der Waals surface area contributed by atoms with Crippen molar-refractivity contribution in [3.8, 4) is 6.07 Å². The fourth-order valence-corrected chi connectivity index (χ4v) is 3.05. The summed E-state index contributed by atoms with van der Waals surface area (Å²) < 4.78 is 2.22. The summed E-state index contributed by atoms with van der Waals surface area (Å²) in [7, 11) is 0. The van der Waals surface area contributed by atoms with E-state index in [-0.39, 0.29) is 0 Å². The number of hydrogen-bond acceptors (Lipinski definition) is 3. The van der Waals surface area contributed by atoms with E-state index in [9.17, 15) is 0 Å². The Kier molecular flexibility index (Phi) is 1.85. The molecule has 3 rings (SSSR count). The lowest BCUT2D eigenvalue weighted by Gasteiger charge is -1.94. The monoisotopic (exact) mass is 224 g/mol. The van der Waals surface area contributed by atoms with Gasteiger partial charge in [-0.3, -0.25) is 0 Å². The van der Waals surface area contributed by atoms with Gasteiger partial charge in [-0.2, -0.15) is 5.26 Å². The zero-order valence-electron chi connectivity index (χ0n) is 8.40. The fraction of sp³-hybridized carbons (Fsp3) is 0. The van der Waals surface area contributed by atoms with Gasteiger partial charge in [0.1, 0.15) is 6.07 Å². The lowest BCUT2D eigenvalue weighted by Crippen LogP contribution is -1.81. The maximum Gasteiger partial charge on any atom is 0.101 e. The molecule has 0 saturated carbocycles. The topological polar surface area (TPSA) is 49.8 Å². The van der Waals surface area contributed by atoms with Gasteiger partial charge in [-0.05, 0) is 24.3 Å². The number of fused-ring (bicyclic) bond motifs is 3. The van der Waals surface area contributed by atoms with E-state index < -0.39 is 0 Å². The summed E-state index contributed by atoms with van der Waals surface area (Å²) in [6.45, 7) is 0. The number of nitrogens with zero attached hydrogens (tertiary/aromatic N) is 1. The van der Waals surface area contributed by atoms with Crippen LogP contribution >= 0.6 is 11.3 Å². The number of nitrogens with two attached hydrogens (primary N) is 1. The van der Waals surface area contributed by atoms with Crippen LogP contribution < -0.4 is 5.73 Å². The molecule has 2 N–H and O–H groups in total. The first-order chi connectivity index (χ1) is 7.79. The first-order valence-electron chi connectivity index (χ1n) is 4.90. The summed E-state index contributed by atoms with van der Waals surface area (Å²) in [5.41, 5.74) is 7.28. The molecule has 2 nitrogen and oxygen atoms in total. The van der Waals surface area contributed by atoms with Crippen molar-refractivity contribution in [2.45, 2.75) is 0 Å². The lowest BCUT2D eigenvalue weighted by atomic mass is 10.1. The summed E-state index contributed by atoms with van der Waals surface area (Å²) in [5.74, 6) is 0. The molecule has 0 aliphatic rings. The summed E-state index contributed by atoms with van der Waals surface area (Å²) >= 11 is 1.64. The summed E-state index contributed by atoms with van der Waals surface area (Å²) in [6, 6.07) is 13.9. The molecule has 3 heteroatoms. The molecule has 0 fully saturated rings. The minimum atomic E-state index is 0.734. The van der Waals surface area contributed by atoms with Gasteiger partial charge in [0, 0.05) is 21.2 Å². The Morgan fingerprint density at radius 1 is 1.12 bits per heavy atom. The largest absolute Gasteiger partial charge is 0.399 e. The second kappa shape index (κ2) is 3.22. The van der Waals surface area contributed by atoms with Crippen molar-refractivity contribution in [2.75, 3.05) is 5.73 Å². The predicted octanol–water partition coefficient (Wildman–Crippen LogP) is 3.51. The molecule has 0 bridgehead atoms. The van der Waals surface area contributed by atoms with Crippen LogP contribution in [0.3, 0.4) is 0 Å². The van der Waals surface area contributed by atoms with Crippen molar-refractivity contribution in [3.63, 3.8) is 0 Å². The average molecular weight is 224 g/mol. The molecule has 0 aliphatic carbocycles. The molecule has 2 aromatic carbocycles. The van der Waals surface area contributed by atoms with Gasteiger partial charge in [0.25, 0.3) is 0 Å². The van der Waals surface area contributed by atoms with Gasteiger partial charge in [-0.15, -0.1) is 11.3 Å². The van der Waals surface area contributed by atoms with Crippen molar-refractivity contribution in [1.29, 1.82) is 5.26 Å². The Labute approximate surface area is 96.5 Å². The van der Waals surface area contributed by atoms with Crippen molar-refractivity contribution >= 4 is 37.2 Å². The third-order valence-electron chi connectivity index (χ3n) is 2.64. The number of hydrogen-bond donors (Lipinski definition) is 1. The van der Waals surface area contributed by atoms with Gasteiger partial charge >= 0.3 is 0 Å². The van der Waals surface area contributed by atoms with Gasteiger partial charge in [0.2, 0.25) is 0 Å². The molecule has 0 saturated heterocycles. The van der Waals surface area contributed by atoms with Gasteiger partial charge in [0.15, 0.2) is 0 Å². The zero-order valence-corrected chi connectivity index (χ0v) is 9.21. The van der Waals surface area contributed by atoms with Crippen molar-refractivity contribution in [1.82, 2.24) is 0 Å². The summed E-state index contributed by atoms with van der Waals surface area (Å²) in [6.07, 6.45) is 0. The number of rotatable bonds is 0. The van der Waals surface area contributed by atoms with Crippen molar-refractivity contribution in [2.24, 2.45) is 0 Å². The molecule has 16 heavy (non-hydrogen) atoms. The van der Waals surface area contributed by atoms with Crippen LogP contribution in [0.1, 0.15) is 5.56 Å². The zero-order chi connectivity index (χ0) is 11.1. The van der Waals surface area contributed by atoms with E-state index >= 15 is 0 Å². The standard InChI is InChI=1S/C13H8N2S/c14-7-8-2-1-3-10-11-6-9(15)4-5-12(11)16-13(8)10/h1-6H,15H2. The van der Waals surface area contributed by atoms with Crippen LogP contribution in [0.25, 0.3) is 20.2 Å². The van der Waals surface area contributed by atoms with E-state index in [1.54, 1.807) is 11.3 Å². The van der Waals surface area contributed by atoms with E-state index in [0.717, 1.165) is 26.7 Å². The molecule has 3 aromatic rings. The highest BCUT2D eigenvalue weighted by Gasteiger charge is 2.08. The molecule has 0 unspecified atom stereocenters. The number of benzene rings is 2. The van der Waals surface area contributed by atoms with Crippen LogP contribution in [0.15, 0.2) is 36.4 Å². The highest BCUT2D eigenvalue weighted by atomic mass is 32.1. The maximum atomic E-state index is 9.05. The first kappa shape index (κ1) is 9.20. The number of nitriles is 1. The Morgan fingerprint density at radius 3 is 2.81 bits per heavy atom. The second-order valence-corrected chi connectivity index (χ2v) is 4.70. The number of nitrogen functional groups attached to an aromatic ring is 1. The Morgan fingerprint density at radius 2 is 2.00 bits per heavy atom. The molecular weight excluding hydrogens is 216 g/mol. The van der Waals surface area contributed by atoms with Crippen LogP contribution in [0.5, 0.6) is 0 Å². The molecular formula is C13H8N2S. The van der Waals surface area contributed by atoms with Crippen LogP contribution in [0, 0.1) is 11.3 Å². The van der Waals surface area contributed by atoms with E-state index in [4.69, 9.17) is 11.0 Å². The van der Waals surface area contributed by atoms with E-state index in [1.807, 2.05) is 36.4 Å². The van der Waals surface area contributed by atoms with Gasteiger partial charge in [0.05, 0.1) is 10.3 Å². The minimum absolute atomic E-state index is 0.734. The van der Waals surface area contributed by atoms with Crippen LogP contribution in [0.2, 0.25) is 0 Å². The van der Waals surface area contributed by atoms with Crippen molar-refractivity contribution < 1.29 is 0 Å². The van der Waals surface area contributed by atoms with E-state index in [0.29, 0.717) is 0 Å².